The number of carbonyl (C=O) groups excluding carboxylic acids is 2. The predicted molar refractivity (Wildman–Crippen MR) is 111 cm³/mol. The van der Waals surface area contributed by atoms with Crippen molar-refractivity contribution in [3.63, 3.8) is 0 Å². The number of nitrogens with zero attached hydrogens (tertiary/aromatic N) is 3. The van der Waals surface area contributed by atoms with Gasteiger partial charge in [-0.2, -0.15) is 4.31 Å². The molecular weight excluding hydrogens is 408 g/mol. The van der Waals surface area contributed by atoms with E-state index in [9.17, 15) is 18.0 Å². The van der Waals surface area contributed by atoms with Crippen LogP contribution in [0.2, 0.25) is 0 Å². The van der Waals surface area contributed by atoms with Crippen LogP contribution in [0.3, 0.4) is 0 Å². The molecule has 3 rings (SSSR count). The van der Waals surface area contributed by atoms with Crippen LogP contribution in [-0.4, -0.2) is 60.8 Å². The molecule has 9 nitrogen and oxygen atoms in total. The van der Waals surface area contributed by atoms with Gasteiger partial charge in [-0.25, -0.2) is 8.42 Å². The average molecular weight is 435 g/mol. The standard InChI is InChI=1S/C20H26N4O5S/c1-14(25)23-9-11-24(12-10-23)30(27,28)16-7-5-15(6-8-16)19(26)21-18-13-17(29-22-18)20(2,3)4/h5-8,13H,9-12H2,1-4H3,(H,21,22,26). The van der Waals surface area contributed by atoms with Crippen molar-refractivity contribution in [2.24, 2.45) is 0 Å². The molecule has 2 aromatic rings. The Morgan fingerprint density at radius 2 is 1.67 bits per heavy atom. The van der Waals surface area contributed by atoms with Crippen molar-refractivity contribution in [3.8, 4) is 0 Å². The Hall–Kier alpha value is -2.72. The van der Waals surface area contributed by atoms with Crippen molar-refractivity contribution in [2.45, 2.75) is 38.0 Å². The van der Waals surface area contributed by atoms with E-state index >= 15 is 0 Å². The Kier molecular flexibility index (Phi) is 6.00. The van der Waals surface area contributed by atoms with E-state index in [0.29, 0.717) is 30.2 Å². The van der Waals surface area contributed by atoms with E-state index in [0.717, 1.165) is 0 Å². The summed E-state index contributed by atoms with van der Waals surface area (Å²) in [5.41, 5.74) is 0.0673. The van der Waals surface area contributed by atoms with Crippen LogP contribution in [0.25, 0.3) is 0 Å². The van der Waals surface area contributed by atoms with E-state index in [4.69, 9.17) is 4.52 Å². The van der Waals surface area contributed by atoms with Crippen LogP contribution in [0.5, 0.6) is 0 Å². The summed E-state index contributed by atoms with van der Waals surface area (Å²) in [4.78, 5) is 25.6. The fourth-order valence-corrected chi connectivity index (χ4v) is 4.47. The Labute approximate surface area is 176 Å². The van der Waals surface area contributed by atoms with E-state index in [1.807, 2.05) is 20.8 Å². The molecule has 30 heavy (non-hydrogen) atoms. The minimum absolute atomic E-state index is 0.0656. The summed E-state index contributed by atoms with van der Waals surface area (Å²) in [6.07, 6.45) is 0. The van der Waals surface area contributed by atoms with Gasteiger partial charge in [-0.3, -0.25) is 9.59 Å². The SMILES string of the molecule is CC(=O)N1CCN(S(=O)(=O)c2ccc(C(=O)Nc3cc(C(C)(C)C)on3)cc2)CC1. The van der Waals surface area contributed by atoms with Gasteiger partial charge >= 0.3 is 0 Å². The first-order valence-corrected chi connectivity index (χ1v) is 11.1. The summed E-state index contributed by atoms with van der Waals surface area (Å²) in [6.45, 7) is 8.59. The molecule has 1 N–H and O–H groups in total. The van der Waals surface area contributed by atoms with Gasteiger partial charge < -0.3 is 14.7 Å². The number of nitrogens with one attached hydrogen (secondary N) is 1. The fraction of sp³-hybridized carbons (Fsp3) is 0.450. The molecule has 162 valence electrons. The number of rotatable bonds is 4. The lowest BCUT2D eigenvalue weighted by Crippen LogP contribution is -2.49. The molecule has 0 spiro atoms. The molecule has 0 radical (unpaired) electrons. The Morgan fingerprint density at radius 3 is 2.17 bits per heavy atom. The van der Waals surface area contributed by atoms with Crippen LogP contribution in [0.15, 0.2) is 39.8 Å². The first kappa shape index (κ1) is 22.0. The summed E-state index contributed by atoms with van der Waals surface area (Å²) in [7, 11) is -3.69. The quantitative estimate of drug-likeness (QED) is 0.788. The van der Waals surface area contributed by atoms with Crippen LogP contribution in [0.1, 0.15) is 43.8 Å². The van der Waals surface area contributed by atoms with Crippen molar-refractivity contribution < 1.29 is 22.5 Å². The highest BCUT2D eigenvalue weighted by atomic mass is 32.2. The van der Waals surface area contributed by atoms with E-state index < -0.39 is 15.9 Å². The van der Waals surface area contributed by atoms with Gasteiger partial charge in [0.05, 0.1) is 4.90 Å². The lowest BCUT2D eigenvalue weighted by Gasteiger charge is -2.33. The van der Waals surface area contributed by atoms with Crippen LogP contribution in [0, 0.1) is 0 Å². The monoisotopic (exact) mass is 434 g/mol. The van der Waals surface area contributed by atoms with Crippen molar-refractivity contribution in [2.75, 3.05) is 31.5 Å². The molecule has 0 bridgehead atoms. The normalized spacial score (nSPS) is 15.8. The third-order valence-corrected chi connectivity index (χ3v) is 6.84. The number of carbonyl (C=O) groups is 2. The summed E-state index contributed by atoms with van der Waals surface area (Å²) in [5.74, 6) is 0.459. The van der Waals surface area contributed by atoms with Crippen LogP contribution < -0.4 is 5.32 Å². The zero-order valence-electron chi connectivity index (χ0n) is 17.5. The summed E-state index contributed by atoms with van der Waals surface area (Å²) in [6, 6.07) is 7.39. The summed E-state index contributed by atoms with van der Waals surface area (Å²) in [5, 5.41) is 6.49. The zero-order chi connectivity index (χ0) is 22.1. The van der Waals surface area contributed by atoms with E-state index in [-0.39, 0.29) is 29.3 Å². The number of hydrogen-bond donors (Lipinski definition) is 1. The second kappa shape index (κ2) is 8.19. The molecule has 1 aromatic carbocycles. The zero-order valence-corrected chi connectivity index (χ0v) is 18.3. The minimum Gasteiger partial charge on any atom is -0.359 e. The number of anilines is 1. The molecule has 1 aliphatic heterocycles. The third-order valence-electron chi connectivity index (χ3n) is 4.93. The Bertz CT molecular complexity index is 1030. The van der Waals surface area contributed by atoms with Crippen LogP contribution in [-0.2, 0) is 20.2 Å². The van der Waals surface area contributed by atoms with Gasteiger partial charge in [-0.15, -0.1) is 0 Å². The highest BCUT2D eigenvalue weighted by molar-refractivity contribution is 7.89. The molecule has 0 unspecified atom stereocenters. The van der Waals surface area contributed by atoms with Gasteiger partial charge in [0.1, 0.15) is 5.76 Å². The molecule has 1 fully saturated rings. The van der Waals surface area contributed by atoms with Crippen LogP contribution in [0.4, 0.5) is 5.82 Å². The summed E-state index contributed by atoms with van der Waals surface area (Å²) < 4.78 is 32.3. The first-order chi connectivity index (χ1) is 14.0. The molecule has 1 saturated heterocycles. The first-order valence-electron chi connectivity index (χ1n) is 9.63. The third kappa shape index (κ3) is 4.71. The lowest BCUT2D eigenvalue weighted by molar-refractivity contribution is -0.129. The van der Waals surface area contributed by atoms with Gasteiger partial charge in [-0.1, -0.05) is 25.9 Å². The van der Waals surface area contributed by atoms with Gasteiger partial charge in [0, 0.05) is 50.1 Å². The van der Waals surface area contributed by atoms with E-state index in [1.54, 1.807) is 11.0 Å². The molecule has 0 atom stereocenters. The maximum absolute atomic E-state index is 12.8. The number of hydrogen-bond acceptors (Lipinski definition) is 6. The summed E-state index contributed by atoms with van der Waals surface area (Å²) >= 11 is 0. The van der Waals surface area contributed by atoms with Crippen LogP contribution >= 0.6 is 0 Å². The van der Waals surface area contributed by atoms with E-state index in [1.165, 1.54) is 35.5 Å². The molecule has 0 aliphatic carbocycles. The number of aromatic nitrogens is 1. The molecular formula is C20H26N4O5S. The van der Waals surface area contributed by atoms with Crippen molar-refractivity contribution in [1.29, 1.82) is 0 Å². The second-order valence-electron chi connectivity index (χ2n) is 8.22. The maximum Gasteiger partial charge on any atom is 0.256 e. The molecule has 2 amide bonds. The Balaban J connectivity index is 1.67. The van der Waals surface area contributed by atoms with Crippen molar-refractivity contribution in [3.05, 3.63) is 41.7 Å². The molecule has 10 heteroatoms. The molecule has 1 aromatic heterocycles. The van der Waals surface area contributed by atoms with Gasteiger partial charge in [0.25, 0.3) is 5.91 Å². The molecule has 0 saturated carbocycles. The van der Waals surface area contributed by atoms with Crippen molar-refractivity contribution >= 4 is 27.7 Å². The largest absolute Gasteiger partial charge is 0.359 e. The van der Waals surface area contributed by atoms with E-state index in [2.05, 4.69) is 10.5 Å². The van der Waals surface area contributed by atoms with Crippen molar-refractivity contribution in [1.82, 2.24) is 14.4 Å². The minimum atomic E-state index is -3.69. The number of benzene rings is 1. The highest BCUT2D eigenvalue weighted by Crippen LogP contribution is 2.25. The van der Waals surface area contributed by atoms with Gasteiger partial charge in [0.2, 0.25) is 15.9 Å². The lowest BCUT2D eigenvalue weighted by atomic mass is 9.93. The highest BCUT2D eigenvalue weighted by Gasteiger charge is 2.29. The topological polar surface area (TPSA) is 113 Å². The number of piperazine rings is 1. The van der Waals surface area contributed by atoms with Gasteiger partial charge in [0.15, 0.2) is 5.82 Å². The fourth-order valence-electron chi connectivity index (χ4n) is 3.05. The average Bonchev–Trinajstić information content (AvgIpc) is 3.17. The number of sulfonamides is 1. The molecule has 2 heterocycles. The number of amides is 2. The maximum atomic E-state index is 12.8. The Morgan fingerprint density at radius 1 is 1.07 bits per heavy atom. The predicted octanol–water partition coefficient (Wildman–Crippen LogP) is 2.08. The molecule has 1 aliphatic rings. The van der Waals surface area contributed by atoms with Gasteiger partial charge in [-0.05, 0) is 24.3 Å². The smallest absolute Gasteiger partial charge is 0.256 e. The second-order valence-corrected chi connectivity index (χ2v) is 10.2.